The molecule has 0 saturated heterocycles. The maximum Gasteiger partial charge on any atom is 0.0600 e. The molecule has 15 heavy (non-hydrogen) atoms. The predicted molar refractivity (Wildman–Crippen MR) is 69.9 cm³/mol. The van der Waals surface area contributed by atoms with Crippen molar-refractivity contribution < 1.29 is 0 Å². The van der Waals surface area contributed by atoms with Gasteiger partial charge in [0.05, 0.1) is 5.69 Å². The summed E-state index contributed by atoms with van der Waals surface area (Å²) < 4.78 is 2.15. The third-order valence-electron chi connectivity index (χ3n) is 2.55. The second-order valence-electron chi connectivity index (χ2n) is 3.67. The van der Waals surface area contributed by atoms with Crippen LogP contribution in [-0.4, -0.2) is 16.9 Å². The van der Waals surface area contributed by atoms with Crippen LogP contribution in [0.15, 0.2) is 30.5 Å². The number of fused-ring (bicyclic) bond motifs is 1. The molecule has 0 aliphatic rings. The molecule has 1 heterocycles. The second kappa shape index (κ2) is 4.62. The topological polar surface area (TPSA) is 17.0 Å². The van der Waals surface area contributed by atoms with Crippen LogP contribution in [0.5, 0.6) is 0 Å². The van der Waals surface area contributed by atoms with Gasteiger partial charge in [0.25, 0.3) is 0 Å². The van der Waals surface area contributed by atoms with Crippen molar-refractivity contribution in [3.63, 3.8) is 0 Å². The zero-order chi connectivity index (χ0) is 10.7. The first kappa shape index (κ1) is 10.4. The average molecular weight is 220 g/mol. The smallest absolute Gasteiger partial charge is 0.0600 e. The number of hydrogen-bond donors (Lipinski definition) is 2. The first-order chi connectivity index (χ1) is 7.33. The Morgan fingerprint density at radius 2 is 2.13 bits per heavy atom. The van der Waals surface area contributed by atoms with Gasteiger partial charge in [0, 0.05) is 30.7 Å². The largest absolute Gasteiger partial charge is 0.383 e. The van der Waals surface area contributed by atoms with Crippen molar-refractivity contribution >= 4 is 29.2 Å². The summed E-state index contributed by atoms with van der Waals surface area (Å²) in [5.74, 6) is 0.928. The van der Waals surface area contributed by atoms with Crippen molar-refractivity contribution in [1.82, 2.24) is 4.57 Å². The van der Waals surface area contributed by atoms with Crippen molar-refractivity contribution in [2.24, 2.45) is 7.05 Å². The Morgan fingerprint density at radius 3 is 2.93 bits per heavy atom. The molecular formula is C12H16N2S. The molecule has 0 amide bonds. The van der Waals surface area contributed by atoms with Crippen LogP contribution in [0.3, 0.4) is 0 Å². The SMILES string of the molecule is Cn1cc(NCCCS)c2ccccc21. The molecule has 0 unspecified atom stereocenters. The summed E-state index contributed by atoms with van der Waals surface area (Å²) in [6, 6.07) is 8.43. The Bertz CT molecular complexity index is 448. The zero-order valence-corrected chi connectivity index (χ0v) is 9.80. The molecule has 2 rings (SSSR count). The van der Waals surface area contributed by atoms with E-state index >= 15 is 0 Å². The molecule has 2 aromatic rings. The quantitative estimate of drug-likeness (QED) is 0.598. The van der Waals surface area contributed by atoms with Crippen molar-refractivity contribution in [1.29, 1.82) is 0 Å². The van der Waals surface area contributed by atoms with E-state index in [4.69, 9.17) is 0 Å². The Kier molecular flexibility index (Phi) is 3.21. The number of hydrogen-bond acceptors (Lipinski definition) is 2. The molecule has 0 radical (unpaired) electrons. The number of benzene rings is 1. The van der Waals surface area contributed by atoms with Crippen molar-refractivity contribution in [3.05, 3.63) is 30.5 Å². The summed E-state index contributed by atoms with van der Waals surface area (Å²) in [6.45, 7) is 0.984. The molecule has 0 spiro atoms. The first-order valence-electron chi connectivity index (χ1n) is 5.21. The number of nitrogens with one attached hydrogen (secondary N) is 1. The van der Waals surface area contributed by atoms with E-state index < -0.39 is 0 Å². The van der Waals surface area contributed by atoms with E-state index in [1.54, 1.807) is 0 Å². The number of aryl methyl sites for hydroxylation is 1. The summed E-state index contributed by atoms with van der Waals surface area (Å²) in [5, 5.41) is 4.73. The van der Waals surface area contributed by atoms with Crippen molar-refractivity contribution in [2.75, 3.05) is 17.6 Å². The lowest BCUT2D eigenvalue weighted by Crippen LogP contribution is -2.01. The molecule has 0 fully saturated rings. The number of aromatic nitrogens is 1. The van der Waals surface area contributed by atoms with Crippen LogP contribution < -0.4 is 5.32 Å². The summed E-state index contributed by atoms with van der Waals surface area (Å²) in [6.07, 6.45) is 3.23. The molecule has 80 valence electrons. The van der Waals surface area contributed by atoms with E-state index in [2.05, 4.69) is 60.0 Å². The highest BCUT2D eigenvalue weighted by Gasteiger charge is 2.03. The molecule has 0 bridgehead atoms. The third kappa shape index (κ3) is 2.12. The standard InChI is InChI=1S/C12H16N2S/c1-14-9-11(13-7-4-8-15)10-5-2-3-6-12(10)14/h2-3,5-6,9,13,15H,4,7-8H2,1H3. The zero-order valence-electron chi connectivity index (χ0n) is 8.90. The van der Waals surface area contributed by atoms with Gasteiger partial charge in [-0.25, -0.2) is 0 Å². The number of rotatable bonds is 4. The van der Waals surface area contributed by atoms with Crippen LogP contribution in [0.25, 0.3) is 10.9 Å². The fourth-order valence-corrected chi connectivity index (χ4v) is 1.94. The third-order valence-corrected chi connectivity index (χ3v) is 2.86. The number of anilines is 1. The van der Waals surface area contributed by atoms with Crippen molar-refractivity contribution in [3.8, 4) is 0 Å². The lowest BCUT2D eigenvalue weighted by molar-refractivity contribution is 0.959. The van der Waals surface area contributed by atoms with Gasteiger partial charge in [-0.2, -0.15) is 12.6 Å². The molecule has 0 aliphatic heterocycles. The van der Waals surface area contributed by atoms with E-state index in [1.807, 2.05) is 0 Å². The van der Waals surface area contributed by atoms with Gasteiger partial charge in [-0.05, 0) is 18.2 Å². The van der Waals surface area contributed by atoms with Crippen LogP contribution in [0, 0.1) is 0 Å². The average Bonchev–Trinajstić information content (AvgIpc) is 2.58. The molecular weight excluding hydrogens is 204 g/mol. The van der Waals surface area contributed by atoms with E-state index in [0.717, 1.165) is 18.7 Å². The first-order valence-corrected chi connectivity index (χ1v) is 5.85. The van der Waals surface area contributed by atoms with Gasteiger partial charge < -0.3 is 9.88 Å². The molecule has 1 aromatic heterocycles. The number of nitrogens with zero attached hydrogens (tertiary/aromatic N) is 1. The lowest BCUT2D eigenvalue weighted by Gasteiger charge is -2.02. The highest BCUT2D eigenvalue weighted by molar-refractivity contribution is 7.80. The molecule has 0 saturated carbocycles. The van der Waals surface area contributed by atoms with Gasteiger partial charge in [-0.1, -0.05) is 18.2 Å². The van der Waals surface area contributed by atoms with Gasteiger partial charge in [-0.15, -0.1) is 0 Å². The molecule has 2 nitrogen and oxygen atoms in total. The van der Waals surface area contributed by atoms with E-state index in [1.165, 1.54) is 16.6 Å². The van der Waals surface area contributed by atoms with Crippen LogP contribution in [0.2, 0.25) is 0 Å². The van der Waals surface area contributed by atoms with Gasteiger partial charge in [0.1, 0.15) is 0 Å². The van der Waals surface area contributed by atoms with Gasteiger partial charge in [-0.3, -0.25) is 0 Å². The molecule has 3 heteroatoms. The van der Waals surface area contributed by atoms with Gasteiger partial charge in [0.2, 0.25) is 0 Å². The minimum absolute atomic E-state index is 0.928. The Morgan fingerprint density at radius 1 is 1.33 bits per heavy atom. The van der Waals surface area contributed by atoms with Crippen molar-refractivity contribution in [2.45, 2.75) is 6.42 Å². The monoisotopic (exact) mass is 220 g/mol. The van der Waals surface area contributed by atoms with Crippen LogP contribution in [0.1, 0.15) is 6.42 Å². The Labute approximate surface area is 95.7 Å². The summed E-state index contributed by atoms with van der Waals surface area (Å²) in [5.41, 5.74) is 2.49. The fraction of sp³-hybridized carbons (Fsp3) is 0.333. The van der Waals surface area contributed by atoms with E-state index in [-0.39, 0.29) is 0 Å². The molecule has 1 aromatic carbocycles. The molecule has 1 N–H and O–H groups in total. The minimum atomic E-state index is 0.928. The van der Waals surface area contributed by atoms with Gasteiger partial charge >= 0.3 is 0 Å². The maximum absolute atomic E-state index is 4.20. The maximum atomic E-state index is 4.20. The minimum Gasteiger partial charge on any atom is -0.383 e. The second-order valence-corrected chi connectivity index (χ2v) is 4.12. The Balaban J connectivity index is 2.27. The van der Waals surface area contributed by atoms with E-state index in [0.29, 0.717) is 0 Å². The highest BCUT2D eigenvalue weighted by Crippen LogP contribution is 2.24. The fourth-order valence-electron chi connectivity index (χ4n) is 1.78. The molecule has 0 atom stereocenters. The van der Waals surface area contributed by atoms with E-state index in [9.17, 15) is 0 Å². The number of thiol groups is 1. The van der Waals surface area contributed by atoms with Crippen LogP contribution in [-0.2, 0) is 7.05 Å². The summed E-state index contributed by atoms with van der Waals surface area (Å²) >= 11 is 4.20. The normalized spacial score (nSPS) is 10.8. The lowest BCUT2D eigenvalue weighted by atomic mass is 10.2. The van der Waals surface area contributed by atoms with Gasteiger partial charge in [0.15, 0.2) is 0 Å². The number of para-hydroxylation sites is 1. The predicted octanol–water partition coefficient (Wildman–Crippen LogP) is 2.91. The van der Waals surface area contributed by atoms with Crippen LogP contribution in [0.4, 0.5) is 5.69 Å². The van der Waals surface area contributed by atoms with Crippen LogP contribution >= 0.6 is 12.6 Å². The highest BCUT2D eigenvalue weighted by atomic mass is 32.1. The summed E-state index contributed by atoms with van der Waals surface area (Å²) in [4.78, 5) is 0. The summed E-state index contributed by atoms with van der Waals surface area (Å²) in [7, 11) is 2.08. The Hall–Kier alpha value is -1.09. The molecule has 0 aliphatic carbocycles.